The van der Waals surface area contributed by atoms with Crippen LogP contribution in [-0.4, -0.2) is 5.91 Å². The summed E-state index contributed by atoms with van der Waals surface area (Å²) in [5, 5.41) is 6.34. The first-order valence-electron chi connectivity index (χ1n) is 6.94. The van der Waals surface area contributed by atoms with Gasteiger partial charge in [0.2, 0.25) is 5.91 Å². The second kappa shape index (κ2) is 5.37. The fraction of sp³-hybridized carbons (Fsp3) is 0.235. The van der Waals surface area contributed by atoms with E-state index in [1.54, 1.807) is 0 Å². The molecule has 1 unspecified atom stereocenters. The number of amides is 1. The van der Waals surface area contributed by atoms with Gasteiger partial charge in [0, 0.05) is 18.3 Å². The van der Waals surface area contributed by atoms with Crippen LogP contribution in [0.1, 0.15) is 30.5 Å². The van der Waals surface area contributed by atoms with E-state index in [1.807, 2.05) is 24.3 Å². The molecule has 1 aliphatic rings. The van der Waals surface area contributed by atoms with E-state index in [1.165, 1.54) is 18.1 Å². The number of fused-ring (bicyclic) bond motifs is 1. The van der Waals surface area contributed by atoms with Crippen LogP contribution in [0.2, 0.25) is 0 Å². The molecule has 0 heterocycles. The molecule has 3 rings (SSSR count). The molecular formula is C17H18N2O. The Balaban J connectivity index is 1.71. The number of hydrogen-bond acceptors (Lipinski definition) is 2. The average molecular weight is 266 g/mol. The third kappa shape index (κ3) is 2.67. The molecule has 0 radical (unpaired) electrons. The molecule has 0 saturated carbocycles. The molecule has 1 amide bonds. The van der Waals surface area contributed by atoms with Crippen LogP contribution in [0.15, 0.2) is 48.5 Å². The maximum absolute atomic E-state index is 11.0. The Hall–Kier alpha value is -2.29. The van der Waals surface area contributed by atoms with E-state index in [0.29, 0.717) is 6.04 Å². The molecule has 0 aromatic heterocycles. The first-order valence-corrected chi connectivity index (χ1v) is 6.94. The van der Waals surface area contributed by atoms with E-state index in [4.69, 9.17) is 0 Å². The lowest BCUT2D eigenvalue weighted by Gasteiger charge is -2.16. The molecule has 2 aromatic carbocycles. The van der Waals surface area contributed by atoms with Crippen LogP contribution in [0.3, 0.4) is 0 Å². The number of anilines is 2. The molecule has 102 valence electrons. The van der Waals surface area contributed by atoms with Crippen molar-refractivity contribution in [3.05, 3.63) is 59.7 Å². The van der Waals surface area contributed by atoms with Crippen molar-refractivity contribution in [2.45, 2.75) is 25.8 Å². The number of nitrogens with one attached hydrogen (secondary N) is 2. The highest BCUT2D eigenvalue weighted by atomic mass is 16.1. The SMILES string of the molecule is CC(=O)Nc1ccc(NC2CCc3ccccc32)cc1. The fourth-order valence-electron chi connectivity index (χ4n) is 2.76. The van der Waals surface area contributed by atoms with Crippen molar-refractivity contribution >= 4 is 17.3 Å². The van der Waals surface area contributed by atoms with Gasteiger partial charge in [-0.25, -0.2) is 0 Å². The predicted octanol–water partition coefficient (Wildman–Crippen LogP) is 3.74. The highest BCUT2D eigenvalue weighted by Crippen LogP contribution is 2.33. The van der Waals surface area contributed by atoms with Crippen LogP contribution in [0, 0.1) is 0 Å². The van der Waals surface area contributed by atoms with Crippen LogP contribution < -0.4 is 10.6 Å². The molecule has 0 bridgehead atoms. The molecular weight excluding hydrogens is 248 g/mol. The fourth-order valence-corrected chi connectivity index (χ4v) is 2.76. The van der Waals surface area contributed by atoms with E-state index < -0.39 is 0 Å². The van der Waals surface area contributed by atoms with Gasteiger partial charge in [0.1, 0.15) is 0 Å². The second-order valence-electron chi connectivity index (χ2n) is 5.19. The lowest BCUT2D eigenvalue weighted by molar-refractivity contribution is -0.114. The number of carbonyl (C=O) groups excluding carboxylic acids is 1. The molecule has 1 aliphatic carbocycles. The molecule has 3 nitrogen and oxygen atoms in total. The Morgan fingerprint density at radius 1 is 1.05 bits per heavy atom. The topological polar surface area (TPSA) is 41.1 Å². The summed E-state index contributed by atoms with van der Waals surface area (Å²) in [5.74, 6) is -0.0459. The zero-order valence-electron chi connectivity index (χ0n) is 11.5. The summed E-state index contributed by atoms with van der Waals surface area (Å²) < 4.78 is 0. The first kappa shape index (κ1) is 12.7. The summed E-state index contributed by atoms with van der Waals surface area (Å²) in [6.07, 6.45) is 2.27. The second-order valence-corrected chi connectivity index (χ2v) is 5.19. The lowest BCUT2D eigenvalue weighted by atomic mass is 10.1. The quantitative estimate of drug-likeness (QED) is 0.888. The number of carbonyl (C=O) groups is 1. The first-order chi connectivity index (χ1) is 9.72. The summed E-state index contributed by atoms with van der Waals surface area (Å²) in [6.45, 7) is 1.52. The van der Waals surface area contributed by atoms with Crippen molar-refractivity contribution in [2.24, 2.45) is 0 Å². The van der Waals surface area contributed by atoms with Gasteiger partial charge in [-0.1, -0.05) is 24.3 Å². The summed E-state index contributed by atoms with van der Waals surface area (Å²) in [6, 6.07) is 16.8. The van der Waals surface area contributed by atoms with Crippen molar-refractivity contribution in [2.75, 3.05) is 10.6 Å². The van der Waals surface area contributed by atoms with Gasteiger partial charge < -0.3 is 10.6 Å². The summed E-state index contributed by atoms with van der Waals surface area (Å²) in [7, 11) is 0. The monoisotopic (exact) mass is 266 g/mol. The minimum atomic E-state index is -0.0459. The standard InChI is InChI=1S/C17H18N2O/c1-12(20)18-14-7-9-15(10-8-14)19-17-11-6-13-4-2-3-5-16(13)17/h2-5,7-10,17,19H,6,11H2,1H3,(H,18,20). The van der Waals surface area contributed by atoms with Crippen molar-refractivity contribution in [3.63, 3.8) is 0 Å². The van der Waals surface area contributed by atoms with Crippen LogP contribution in [0.25, 0.3) is 0 Å². The van der Waals surface area contributed by atoms with E-state index in [0.717, 1.165) is 24.2 Å². The maximum atomic E-state index is 11.0. The smallest absolute Gasteiger partial charge is 0.221 e. The Bertz CT molecular complexity index is 619. The van der Waals surface area contributed by atoms with Gasteiger partial charge in [0.05, 0.1) is 6.04 Å². The van der Waals surface area contributed by atoms with Crippen molar-refractivity contribution in [1.82, 2.24) is 0 Å². The van der Waals surface area contributed by atoms with Crippen molar-refractivity contribution in [1.29, 1.82) is 0 Å². The minimum absolute atomic E-state index is 0.0459. The molecule has 2 N–H and O–H groups in total. The number of hydrogen-bond donors (Lipinski definition) is 2. The zero-order valence-corrected chi connectivity index (χ0v) is 11.5. The van der Waals surface area contributed by atoms with E-state index in [9.17, 15) is 4.79 Å². The summed E-state index contributed by atoms with van der Waals surface area (Å²) >= 11 is 0. The van der Waals surface area contributed by atoms with E-state index >= 15 is 0 Å². The van der Waals surface area contributed by atoms with Crippen LogP contribution in [0.5, 0.6) is 0 Å². The molecule has 0 spiro atoms. The maximum Gasteiger partial charge on any atom is 0.221 e. The summed E-state index contributed by atoms with van der Waals surface area (Å²) in [5.41, 5.74) is 4.76. The minimum Gasteiger partial charge on any atom is -0.378 e. The highest BCUT2D eigenvalue weighted by Gasteiger charge is 2.21. The largest absolute Gasteiger partial charge is 0.378 e. The van der Waals surface area contributed by atoms with Crippen LogP contribution >= 0.6 is 0 Å². The lowest BCUT2D eigenvalue weighted by Crippen LogP contribution is -2.08. The predicted molar refractivity (Wildman–Crippen MR) is 81.9 cm³/mol. The molecule has 0 saturated heterocycles. The Labute approximate surface area is 119 Å². The van der Waals surface area contributed by atoms with Gasteiger partial charge in [0.15, 0.2) is 0 Å². The normalized spacial score (nSPS) is 16.6. The number of benzene rings is 2. The van der Waals surface area contributed by atoms with Crippen molar-refractivity contribution in [3.8, 4) is 0 Å². The molecule has 0 aliphatic heterocycles. The molecule has 1 atom stereocenters. The Morgan fingerprint density at radius 2 is 1.75 bits per heavy atom. The Morgan fingerprint density at radius 3 is 2.50 bits per heavy atom. The van der Waals surface area contributed by atoms with Gasteiger partial charge in [-0.05, 0) is 48.2 Å². The number of rotatable bonds is 3. The molecule has 2 aromatic rings. The zero-order chi connectivity index (χ0) is 13.9. The summed E-state index contributed by atoms with van der Waals surface area (Å²) in [4.78, 5) is 11.0. The van der Waals surface area contributed by atoms with Crippen LogP contribution in [0.4, 0.5) is 11.4 Å². The third-order valence-corrected chi connectivity index (χ3v) is 3.68. The van der Waals surface area contributed by atoms with Gasteiger partial charge in [-0.15, -0.1) is 0 Å². The third-order valence-electron chi connectivity index (χ3n) is 3.68. The highest BCUT2D eigenvalue weighted by molar-refractivity contribution is 5.88. The van der Waals surface area contributed by atoms with Crippen LogP contribution in [-0.2, 0) is 11.2 Å². The number of aryl methyl sites for hydroxylation is 1. The Kier molecular flexibility index (Phi) is 3.42. The molecule has 20 heavy (non-hydrogen) atoms. The average Bonchev–Trinajstić information content (AvgIpc) is 2.84. The van der Waals surface area contributed by atoms with Gasteiger partial charge in [-0.2, -0.15) is 0 Å². The van der Waals surface area contributed by atoms with Gasteiger partial charge in [0.25, 0.3) is 0 Å². The van der Waals surface area contributed by atoms with E-state index in [2.05, 4.69) is 34.9 Å². The molecule has 0 fully saturated rings. The van der Waals surface area contributed by atoms with Gasteiger partial charge in [-0.3, -0.25) is 4.79 Å². The van der Waals surface area contributed by atoms with Crippen molar-refractivity contribution < 1.29 is 4.79 Å². The molecule has 3 heteroatoms. The van der Waals surface area contributed by atoms with E-state index in [-0.39, 0.29) is 5.91 Å². The van der Waals surface area contributed by atoms with Gasteiger partial charge >= 0.3 is 0 Å².